The molecular weight excluding hydrogens is 452 g/mol. The zero-order chi connectivity index (χ0) is 18.4. The van der Waals surface area contributed by atoms with E-state index in [9.17, 15) is 0 Å². The molecule has 2 aromatic carbocycles. The predicted octanol–water partition coefficient (Wildman–Crippen LogP) is 3.63. The van der Waals surface area contributed by atoms with E-state index in [4.69, 9.17) is 31.8 Å². The fourth-order valence-corrected chi connectivity index (χ4v) is 3.01. The second-order valence-electron chi connectivity index (χ2n) is 5.14. The molecule has 0 unspecified atom stereocenters. The van der Waals surface area contributed by atoms with Crippen molar-refractivity contribution in [3.63, 3.8) is 0 Å². The maximum atomic E-state index is 7.51. The van der Waals surface area contributed by atoms with Gasteiger partial charge in [-0.05, 0) is 68.3 Å². The highest BCUT2D eigenvalue weighted by Crippen LogP contribution is 2.35. The van der Waals surface area contributed by atoms with Gasteiger partial charge in [-0.1, -0.05) is 0 Å². The Morgan fingerprint density at radius 3 is 2.08 bits per heavy atom. The summed E-state index contributed by atoms with van der Waals surface area (Å²) in [6.45, 7) is 0.986. The summed E-state index contributed by atoms with van der Waals surface area (Å²) < 4.78 is 12.8. The minimum atomic E-state index is -0.0108. The number of ether oxygens (including phenoxy) is 2. The van der Waals surface area contributed by atoms with E-state index in [1.165, 1.54) is 0 Å². The van der Waals surface area contributed by atoms with Crippen LogP contribution >= 0.6 is 31.9 Å². The van der Waals surface area contributed by atoms with Gasteiger partial charge in [0.1, 0.15) is 23.2 Å². The smallest absolute Gasteiger partial charge is 0.134 e. The van der Waals surface area contributed by atoms with E-state index in [-0.39, 0.29) is 11.7 Å². The van der Waals surface area contributed by atoms with Gasteiger partial charge in [0.05, 0.1) is 17.7 Å². The van der Waals surface area contributed by atoms with Crippen molar-refractivity contribution in [1.82, 2.24) is 0 Å². The minimum absolute atomic E-state index is 0.0108. The average Bonchev–Trinajstić information content (AvgIpc) is 2.58. The molecule has 0 atom stereocenters. The van der Waals surface area contributed by atoms with E-state index < -0.39 is 0 Å². The Labute approximate surface area is 162 Å². The van der Waals surface area contributed by atoms with E-state index in [1.54, 1.807) is 36.4 Å². The summed E-state index contributed by atoms with van der Waals surface area (Å²) in [7, 11) is 0. The summed E-state index contributed by atoms with van der Waals surface area (Å²) in [4.78, 5) is 0. The van der Waals surface area contributed by atoms with Crippen molar-refractivity contribution in [2.75, 3.05) is 13.2 Å². The van der Waals surface area contributed by atoms with Crippen LogP contribution in [0.2, 0.25) is 0 Å². The lowest BCUT2D eigenvalue weighted by Gasteiger charge is -2.12. The van der Waals surface area contributed by atoms with Gasteiger partial charge in [0.15, 0.2) is 0 Å². The highest BCUT2D eigenvalue weighted by atomic mass is 79.9. The van der Waals surface area contributed by atoms with E-state index in [0.717, 1.165) is 10.2 Å². The lowest BCUT2D eigenvalue weighted by Crippen LogP contribution is -2.12. The lowest BCUT2D eigenvalue weighted by molar-refractivity contribution is 0.246. The molecule has 2 rings (SSSR count). The second-order valence-corrected chi connectivity index (χ2v) is 6.73. The summed E-state index contributed by atoms with van der Waals surface area (Å²) in [6, 6.07) is 10.6. The van der Waals surface area contributed by atoms with Crippen LogP contribution < -0.4 is 20.9 Å². The number of halogens is 2. The van der Waals surface area contributed by atoms with Crippen LogP contribution in [0.15, 0.2) is 45.3 Å². The van der Waals surface area contributed by atoms with Gasteiger partial charge >= 0.3 is 0 Å². The Kier molecular flexibility index (Phi) is 6.83. The first kappa shape index (κ1) is 19.3. The normalized spacial score (nSPS) is 10.3. The molecule has 2 aromatic rings. The minimum Gasteiger partial charge on any atom is -0.493 e. The molecule has 0 radical (unpaired) electrons. The largest absolute Gasteiger partial charge is 0.493 e. The number of benzene rings is 2. The van der Waals surface area contributed by atoms with Gasteiger partial charge in [0, 0.05) is 22.0 Å². The van der Waals surface area contributed by atoms with Gasteiger partial charge in [-0.2, -0.15) is 0 Å². The molecule has 0 spiro atoms. The molecule has 0 saturated carbocycles. The monoisotopic (exact) mass is 468 g/mol. The molecule has 0 aliphatic rings. The van der Waals surface area contributed by atoms with Crippen LogP contribution in [0.3, 0.4) is 0 Å². The second kappa shape index (κ2) is 8.87. The Balaban J connectivity index is 1.80. The fraction of sp³-hybridized carbons (Fsp3) is 0.176. The van der Waals surface area contributed by atoms with Gasteiger partial charge in [-0.25, -0.2) is 0 Å². The third-order valence-corrected chi connectivity index (χ3v) is 5.46. The molecule has 0 fully saturated rings. The highest BCUT2D eigenvalue weighted by molar-refractivity contribution is 9.13. The number of rotatable bonds is 8. The number of hydrogen-bond donors (Lipinski definition) is 4. The van der Waals surface area contributed by atoms with Crippen molar-refractivity contribution in [3.05, 3.63) is 56.5 Å². The average molecular weight is 470 g/mol. The molecule has 0 aliphatic carbocycles. The molecule has 0 aliphatic heterocycles. The molecule has 8 heteroatoms. The molecule has 0 bridgehead atoms. The number of hydrogen-bond acceptors (Lipinski definition) is 4. The van der Waals surface area contributed by atoms with E-state index in [0.29, 0.717) is 41.0 Å². The van der Waals surface area contributed by atoms with E-state index in [2.05, 4.69) is 31.9 Å². The number of nitrogen functional groups attached to an aromatic ring is 2. The van der Waals surface area contributed by atoms with Crippen molar-refractivity contribution >= 4 is 43.5 Å². The third kappa shape index (κ3) is 5.20. The molecule has 132 valence electrons. The number of nitrogens with two attached hydrogens (primary N) is 2. The Morgan fingerprint density at radius 1 is 0.840 bits per heavy atom. The van der Waals surface area contributed by atoms with Gasteiger partial charge in [0.2, 0.25) is 0 Å². The first-order valence-corrected chi connectivity index (χ1v) is 9.01. The topological polar surface area (TPSA) is 118 Å². The Bertz CT molecular complexity index is 779. The molecule has 6 N–H and O–H groups in total. The molecule has 0 amide bonds. The van der Waals surface area contributed by atoms with Crippen LogP contribution in [-0.4, -0.2) is 24.9 Å². The summed E-state index contributed by atoms with van der Waals surface area (Å²) in [5.41, 5.74) is 12.2. The fourth-order valence-electron chi connectivity index (χ4n) is 2.01. The zero-order valence-corrected chi connectivity index (χ0v) is 16.5. The standard InChI is InChI=1S/C17H18Br2N4O2/c18-14-12(17(22)23)6-7-13(15(14)19)25-9-1-8-24-11-4-2-10(3-5-11)16(20)21/h2-7H,1,8-9H2,(H3,20,21)(H3,22,23). The Hall–Kier alpha value is -2.06. The van der Waals surface area contributed by atoms with E-state index >= 15 is 0 Å². The maximum Gasteiger partial charge on any atom is 0.134 e. The van der Waals surface area contributed by atoms with Crippen LogP contribution in [0.25, 0.3) is 0 Å². The molecule has 0 aromatic heterocycles. The number of nitrogens with one attached hydrogen (secondary N) is 2. The van der Waals surface area contributed by atoms with Crippen LogP contribution in [0.4, 0.5) is 0 Å². The van der Waals surface area contributed by atoms with Gasteiger partial charge < -0.3 is 20.9 Å². The lowest BCUT2D eigenvalue weighted by atomic mass is 10.2. The molecule has 6 nitrogen and oxygen atoms in total. The van der Waals surface area contributed by atoms with Crippen LogP contribution in [0.1, 0.15) is 17.5 Å². The van der Waals surface area contributed by atoms with Gasteiger partial charge in [0.25, 0.3) is 0 Å². The predicted molar refractivity (Wildman–Crippen MR) is 106 cm³/mol. The molecule has 0 saturated heterocycles. The van der Waals surface area contributed by atoms with Crippen LogP contribution in [0, 0.1) is 10.8 Å². The van der Waals surface area contributed by atoms with E-state index in [1.807, 2.05) is 0 Å². The summed E-state index contributed by atoms with van der Waals surface area (Å²) >= 11 is 6.85. The van der Waals surface area contributed by atoms with Crippen molar-refractivity contribution < 1.29 is 9.47 Å². The SMILES string of the molecule is N=C(N)c1ccc(OCCCOc2ccc(C(=N)N)c(Br)c2Br)cc1. The van der Waals surface area contributed by atoms with Gasteiger partial charge in [-0.3, -0.25) is 10.8 Å². The zero-order valence-electron chi connectivity index (χ0n) is 13.3. The third-order valence-electron chi connectivity index (χ3n) is 3.32. The first-order chi connectivity index (χ1) is 11.9. The molecule has 0 heterocycles. The summed E-state index contributed by atoms with van der Waals surface area (Å²) in [5, 5.41) is 14.8. The van der Waals surface area contributed by atoms with Crippen molar-refractivity contribution in [1.29, 1.82) is 10.8 Å². The van der Waals surface area contributed by atoms with Crippen molar-refractivity contribution in [2.24, 2.45) is 11.5 Å². The van der Waals surface area contributed by atoms with Crippen molar-refractivity contribution in [3.8, 4) is 11.5 Å². The number of amidine groups is 2. The van der Waals surface area contributed by atoms with Crippen LogP contribution in [-0.2, 0) is 0 Å². The summed E-state index contributed by atoms with van der Waals surface area (Å²) in [6.07, 6.45) is 0.701. The van der Waals surface area contributed by atoms with Crippen molar-refractivity contribution in [2.45, 2.75) is 6.42 Å². The Morgan fingerprint density at radius 2 is 1.48 bits per heavy atom. The van der Waals surface area contributed by atoms with Crippen LogP contribution in [0.5, 0.6) is 11.5 Å². The maximum absolute atomic E-state index is 7.51. The molecular formula is C17H18Br2N4O2. The quantitative estimate of drug-likeness (QED) is 0.268. The first-order valence-electron chi connectivity index (χ1n) is 7.42. The highest BCUT2D eigenvalue weighted by Gasteiger charge is 2.11. The molecule has 25 heavy (non-hydrogen) atoms. The summed E-state index contributed by atoms with van der Waals surface area (Å²) in [5.74, 6) is 1.42. The van der Waals surface area contributed by atoms with Gasteiger partial charge in [-0.15, -0.1) is 0 Å².